The second-order valence-electron chi connectivity index (χ2n) is 4.41. The number of hydrogen-bond donors (Lipinski definition) is 3. The molecule has 1 aromatic carbocycles. The molecule has 0 saturated carbocycles. The first-order chi connectivity index (χ1) is 9.07. The largest absolute Gasteiger partial charge is 0.355 e. The molecule has 0 aliphatic carbocycles. The predicted octanol–water partition coefficient (Wildman–Crippen LogP) is -0.111. The summed E-state index contributed by atoms with van der Waals surface area (Å²) in [4.78, 5) is 11.5. The van der Waals surface area contributed by atoms with Crippen molar-refractivity contribution in [1.29, 1.82) is 0 Å². The molecule has 19 heavy (non-hydrogen) atoms. The Bertz CT molecular complexity index is 530. The zero-order valence-electron chi connectivity index (χ0n) is 10.4. The average Bonchev–Trinajstić information content (AvgIpc) is 2.40. The van der Waals surface area contributed by atoms with E-state index in [1.165, 1.54) is 0 Å². The Hall–Kier alpha value is -1.44. The van der Waals surface area contributed by atoms with Gasteiger partial charge in [-0.1, -0.05) is 30.3 Å². The van der Waals surface area contributed by atoms with Gasteiger partial charge < -0.3 is 5.32 Å². The molecule has 0 bridgehead atoms. The predicted molar refractivity (Wildman–Crippen MR) is 71.4 cm³/mol. The first-order valence-electron chi connectivity index (χ1n) is 6.15. The van der Waals surface area contributed by atoms with E-state index in [1.807, 2.05) is 30.3 Å². The van der Waals surface area contributed by atoms with Crippen molar-refractivity contribution < 1.29 is 13.2 Å². The summed E-state index contributed by atoms with van der Waals surface area (Å²) in [6, 6.07) is 8.52. The summed E-state index contributed by atoms with van der Waals surface area (Å²) in [5.41, 5.74) is 0.862. The van der Waals surface area contributed by atoms with Crippen LogP contribution in [0.5, 0.6) is 0 Å². The Labute approximate surface area is 112 Å². The van der Waals surface area contributed by atoms with Crippen molar-refractivity contribution in [3.63, 3.8) is 0 Å². The summed E-state index contributed by atoms with van der Waals surface area (Å²) in [5.74, 6) is -0.267. The van der Waals surface area contributed by atoms with E-state index in [1.54, 1.807) is 0 Å². The molecule has 1 unspecified atom stereocenters. The fraction of sp³-hybridized carbons (Fsp3) is 0.417. The van der Waals surface area contributed by atoms with Crippen molar-refractivity contribution in [2.75, 3.05) is 6.54 Å². The van der Waals surface area contributed by atoms with Crippen LogP contribution in [0.2, 0.25) is 0 Å². The lowest BCUT2D eigenvalue weighted by atomic mass is 10.1. The zero-order valence-corrected chi connectivity index (χ0v) is 11.2. The summed E-state index contributed by atoms with van der Waals surface area (Å²) in [6.45, 7) is 0.805. The molecule has 2 rings (SSSR count). The number of piperidine rings is 1. The molecule has 0 radical (unpaired) electrons. The maximum absolute atomic E-state index is 11.8. The normalized spacial score (nSPS) is 20.0. The number of amides is 1. The highest BCUT2D eigenvalue weighted by Gasteiger charge is 2.26. The van der Waals surface area contributed by atoms with Gasteiger partial charge in [0.2, 0.25) is 5.91 Å². The van der Waals surface area contributed by atoms with E-state index in [2.05, 4.69) is 14.8 Å². The van der Waals surface area contributed by atoms with Gasteiger partial charge in [0.25, 0.3) is 10.2 Å². The van der Waals surface area contributed by atoms with Gasteiger partial charge in [-0.2, -0.15) is 17.9 Å². The van der Waals surface area contributed by atoms with Crippen LogP contribution in [0, 0.1) is 0 Å². The van der Waals surface area contributed by atoms with E-state index in [0.29, 0.717) is 13.0 Å². The number of rotatable bonds is 5. The van der Waals surface area contributed by atoms with Crippen LogP contribution in [0.15, 0.2) is 30.3 Å². The van der Waals surface area contributed by atoms with E-state index in [4.69, 9.17) is 0 Å². The molecule has 1 aromatic rings. The maximum atomic E-state index is 11.8. The van der Waals surface area contributed by atoms with Crippen LogP contribution < -0.4 is 14.8 Å². The van der Waals surface area contributed by atoms with E-state index >= 15 is 0 Å². The number of hydrogen-bond acceptors (Lipinski definition) is 3. The summed E-state index contributed by atoms with van der Waals surface area (Å²) in [7, 11) is -3.67. The van der Waals surface area contributed by atoms with Crippen LogP contribution in [0.3, 0.4) is 0 Å². The molecule has 7 heteroatoms. The van der Waals surface area contributed by atoms with Gasteiger partial charge in [-0.05, 0) is 18.4 Å². The monoisotopic (exact) mass is 283 g/mol. The van der Waals surface area contributed by atoms with Crippen molar-refractivity contribution in [2.24, 2.45) is 0 Å². The standard InChI is InChI=1S/C12H17N3O3S/c16-12-11(7-4-8-13-12)15-19(17,18)14-9-10-5-2-1-3-6-10/h1-3,5-6,11,14-15H,4,7-9H2,(H,13,16). The fourth-order valence-electron chi connectivity index (χ4n) is 1.89. The Kier molecular flexibility index (Phi) is 4.52. The topological polar surface area (TPSA) is 87.3 Å². The number of carbonyl (C=O) groups excluding carboxylic acids is 1. The van der Waals surface area contributed by atoms with Gasteiger partial charge in [0.05, 0.1) is 0 Å². The molecular weight excluding hydrogens is 266 g/mol. The summed E-state index contributed by atoms with van der Waals surface area (Å²) < 4.78 is 28.4. The van der Waals surface area contributed by atoms with Crippen molar-refractivity contribution >= 4 is 16.1 Å². The minimum Gasteiger partial charge on any atom is -0.355 e. The average molecular weight is 283 g/mol. The number of benzene rings is 1. The smallest absolute Gasteiger partial charge is 0.277 e. The molecule has 0 spiro atoms. The summed E-state index contributed by atoms with van der Waals surface area (Å²) in [6.07, 6.45) is 1.30. The Morgan fingerprint density at radius 1 is 1.26 bits per heavy atom. The molecule has 1 atom stereocenters. The van der Waals surface area contributed by atoms with Crippen LogP contribution in [-0.4, -0.2) is 26.9 Å². The van der Waals surface area contributed by atoms with Gasteiger partial charge in [-0.3, -0.25) is 4.79 Å². The molecule has 1 aliphatic rings. The zero-order chi connectivity index (χ0) is 13.7. The first kappa shape index (κ1) is 14.0. The lowest BCUT2D eigenvalue weighted by Crippen LogP contribution is -2.52. The second-order valence-corrected chi connectivity index (χ2v) is 5.95. The lowest BCUT2D eigenvalue weighted by Gasteiger charge is -2.22. The van der Waals surface area contributed by atoms with Crippen molar-refractivity contribution in [2.45, 2.75) is 25.4 Å². The quantitative estimate of drug-likeness (QED) is 0.704. The number of nitrogens with one attached hydrogen (secondary N) is 3. The number of carbonyl (C=O) groups is 1. The van der Waals surface area contributed by atoms with E-state index in [0.717, 1.165) is 12.0 Å². The highest BCUT2D eigenvalue weighted by Crippen LogP contribution is 2.04. The van der Waals surface area contributed by atoms with E-state index < -0.39 is 16.3 Å². The van der Waals surface area contributed by atoms with E-state index in [9.17, 15) is 13.2 Å². The molecule has 1 fully saturated rings. The van der Waals surface area contributed by atoms with Crippen LogP contribution in [-0.2, 0) is 21.5 Å². The van der Waals surface area contributed by atoms with Crippen LogP contribution in [0.25, 0.3) is 0 Å². The Morgan fingerprint density at radius 2 is 2.00 bits per heavy atom. The lowest BCUT2D eigenvalue weighted by molar-refractivity contribution is -0.124. The molecule has 1 heterocycles. The van der Waals surface area contributed by atoms with Crippen molar-refractivity contribution in [3.05, 3.63) is 35.9 Å². The Morgan fingerprint density at radius 3 is 2.68 bits per heavy atom. The molecular formula is C12H17N3O3S. The van der Waals surface area contributed by atoms with Gasteiger partial charge in [0, 0.05) is 13.1 Å². The maximum Gasteiger partial charge on any atom is 0.277 e. The van der Waals surface area contributed by atoms with Crippen molar-refractivity contribution in [1.82, 2.24) is 14.8 Å². The molecule has 6 nitrogen and oxygen atoms in total. The van der Waals surface area contributed by atoms with Crippen LogP contribution >= 0.6 is 0 Å². The minimum atomic E-state index is -3.67. The van der Waals surface area contributed by atoms with Crippen LogP contribution in [0.4, 0.5) is 0 Å². The third kappa shape index (κ3) is 4.30. The minimum absolute atomic E-state index is 0.199. The van der Waals surface area contributed by atoms with Gasteiger partial charge in [0.1, 0.15) is 6.04 Å². The second kappa shape index (κ2) is 6.14. The fourth-order valence-corrected chi connectivity index (χ4v) is 2.93. The highest BCUT2D eigenvalue weighted by molar-refractivity contribution is 7.87. The molecule has 104 valence electrons. The Balaban J connectivity index is 1.90. The van der Waals surface area contributed by atoms with Gasteiger partial charge >= 0.3 is 0 Å². The molecule has 1 aliphatic heterocycles. The summed E-state index contributed by atoms with van der Waals surface area (Å²) in [5, 5.41) is 2.63. The third-order valence-corrected chi connectivity index (χ3v) is 4.01. The third-order valence-electron chi connectivity index (χ3n) is 2.89. The first-order valence-corrected chi connectivity index (χ1v) is 7.64. The molecule has 0 aromatic heterocycles. The molecule has 3 N–H and O–H groups in total. The molecule has 1 saturated heterocycles. The van der Waals surface area contributed by atoms with Gasteiger partial charge in [-0.15, -0.1) is 0 Å². The summed E-state index contributed by atoms with van der Waals surface area (Å²) >= 11 is 0. The van der Waals surface area contributed by atoms with E-state index in [-0.39, 0.29) is 12.5 Å². The highest BCUT2D eigenvalue weighted by atomic mass is 32.2. The van der Waals surface area contributed by atoms with Gasteiger partial charge in [0.15, 0.2) is 0 Å². The molecule has 1 amide bonds. The van der Waals surface area contributed by atoms with Crippen LogP contribution in [0.1, 0.15) is 18.4 Å². The van der Waals surface area contributed by atoms with Gasteiger partial charge in [-0.25, -0.2) is 0 Å². The van der Waals surface area contributed by atoms with Crippen molar-refractivity contribution in [3.8, 4) is 0 Å². The SMILES string of the molecule is O=C1NCCCC1NS(=O)(=O)NCc1ccccc1.